The molecule has 2 heterocycles. The third kappa shape index (κ3) is 3.68. The zero-order valence-electron chi connectivity index (χ0n) is 14.6. The fourth-order valence-corrected chi connectivity index (χ4v) is 3.67. The van der Waals surface area contributed by atoms with Gasteiger partial charge in [0.25, 0.3) is 0 Å². The second-order valence-corrected chi connectivity index (χ2v) is 6.85. The van der Waals surface area contributed by atoms with Gasteiger partial charge in [-0.1, -0.05) is 60.7 Å². The number of benzene rings is 2. The van der Waals surface area contributed by atoms with Crippen LogP contribution in [0.3, 0.4) is 0 Å². The summed E-state index contributed by atoms with van der Waals surface area (Å²) >= 11 is 0. The van der Waals surface area contributed by atoms with Crippen LogP contribution in [0.25, 0.3) is 0 Å². The predicted octanol–water partition coefficient (Wildman–Crippen LogP) is 2.66. The lowest BCUT2D eigenvalue weighted by Crippen LogP contribution is -2.53. The molecule has 3 unspecified atom stereocenters. The summed E-state index contributed by atoms with van der Waals surface area (Å²) in [5.41, 5.74) is 1.51. The van der Waals surface area contributed by atoms with Crippen molar-refractivity contribution in [1.29, 1.82) is 0 Å². The molecule has 138 valence electrons. The van der Waals surface area contributed by atoms with Gasteiger partial charge < -0.3 is 24.1 Å². The minimum Gasteiger partial charge on any atom is -0.374 e. The van der Waals surface area contributed by atoms with Gasteiger partial charge in [0.1, 0.15) is 17.8 Å². The molecule has 0 radical (unpaired) electrons. The topological polar surface area (TPSA) is 57.2 Å². The standard InChI is InChI=1S/C21H24O5/c22-20-18-19(25-14-17-9-5-2-6-10-17)21(26-20,11-12-24-18)15-23-13-16-7-3-1-4-8-16/h1-10,18-20,22H,11-15H2/t18?,19?,20?,21-/m1/s1. The Labute approximate surface area is 153 Å². The van der Waals surface area contributed by atoms with Gasteiger partial charge in [-0.2, -0.15) is 0 Å². The summed E-state index contributed by atoms with van der Waals surface area (Å²) in [6.45, 7) is 1.83. The minimum absolute atomic E-state index is 0.359. The number of aliphatic hydroxyl groups is 1. The third-order valence-corrected chi connectivity index (χ3v) is 5.02. The highest BCUT2D eigenvalue weighted by Gasteiger charge is 2.59. The van der Waals surface area contributed by atoms with Gasteiger partial charge in [-0.25, -0.2) is 0 Å². The third-order valence-electron chi connectivity index (χ3n) is 5.02. The van der Waals surface area contributed by atoms with Crippen LogP contribution in [0.2, 0.25) is 0 Å². The van der Waals surface area contributed by atoms with Gasteiger partial charge in [0.15, 0.2) is 6.29 Å². The summed E-state index contributed by atoms with van der Waals surface area (Å²) in [6, 6.07) is 20.0. The molecule has 5 heteroatoms. The maximum atomic E-state index is 10.3. The largest absolute Gasteiger partial charge is 0.374 e. The van der Waals surface area contributed by atoms with Gasteiger partial charge in [0.2, 0.25) is 0 Å². The van der Waals surface area contributed by atoms with Crippen LogP contribution >= 0.6 is 0 Å². The van der Waals surface area contributed by atoms with E-state index < -0.39 is 18.0 Å². The molecule has 4 atom stereocenters. The Bertz CT molecular complexity index is 692. The van der Waals surface area contributed by atoms with Gasteiger partial charge >= 0.3 is 0 Å². The molecule has 2 aliphatic heterocycles. The van der Waals surface area contributed by atoms with Crippen molar-refractivity contribution >= 4 is 0 Å². The molecular formula is C21H24O5. The van der Waals surface area contributed by atoms with Crippen molar-refractivity contribution in [2.45, 2.75) is 43.7 Å². The maximum Gasteiger partial charge on any atom is 0.184 e. The Balaban J connectivity index is 1.42. The zero-order chi connectivity index (χ0) is 17.8. The lowest BCUT2D eigenvalue weighted by atomic mass is 9.90. The van der Waals surface area contributed by atoms with E-state index in [4.69, 9.17) is 18.9 Å². The summed E-state index contributed by atoms with van der Waals surface area (Å²) in [7, 11) is 0. The fourth-order valence-electron chi connectivity index (χ4n) is 3.67. The summed E-state index contributed by atoms with van der Waals surface area (Å²) in [5, 5.41) is 10.3. The van der Waals surface area contributed by atoms with E-state index in [0.717, 1.165) is 11.1 Å². The molecule has 2 bridgehead atoms. The number of aliphatic hydroxyl groups excluding tert-OH is 1. The smallest absolute Gasteiger partial charge is 0.184 e. The van der Waals surface area contributed by atoms with Crippen LogP contribution in [-0.2, 0) is 32.2 Å². The van der Waals surface area contributed by atoms with Crippen LogP contribution in [0, 0.1) is 0 Å². The number of ether oxygens (including phenoxy) is 4. The number of hydrogen-bond donors (Lipinski definition) is 1. The minimum atomic E-state index is -0.987. The molecule has 5 nitrogen and oxygen atoms in total. The van der Waals surface area contributed by atoms with Crippen LogP contribution in [0.4, 0.5) is 0 Å². The van der Waals surface area contributed by atoms with E-state index >= 15 is 0 Å². The average Bonchev–Trinajstić information content (AvgIpc) is 2.82. The van der Waals surface area contributed by atoms with Gasteiger partial charge in [-0.3, -0.25) is 0 Å². The van der Waals surface area contributed by atoms with Crippen LogP contribution in [0.5, 0.6) is 0 Å². The second-order valence-electron chi connectivity index (χ2n) is 6.85. The summed E-state index contributed by atoms with van der Waals surface area (Å²) in [6.07, 6.45) is -1.19. The van der Waals surface area contributed by atoms with Crippen molar-refractivity contribution in [3.8, 4) is 0 Å². The highest BCUT2D eigenvalue weighted by atomic mass is 16.7. The van der Waals surface area contributed by atoms with Crippen LogP contribution in [0.1, 0.15) is 17.5 Å². The monoisotopic (exact) mass is 356 g/mol. The van der Waals surface area contributed by atoms with Crippen LogP contribution in [-0.4, -0.2) is 42.4 Å². The van der Waals surface area contributed by atoms with Crippen molar-refractivity contribution in [2.24, 2.45) is 0 Å². The van der Waals surface area contributed by atoms with Crippen molar-refractivity contribution in [1.82, 2.24) is 0 Å². The molecule has 0 aliphatic carbocycles. The van der Waals surface area contributed by atoms with E-state index in [2.05, 4.69) is 0 Å². The van der Waals surface area contributed by atoms with E-state index in [1.807, 2.05) is 60.7 Å². The van der Waals surface area contributed by atoms with Gasteiger partial charge in [0, 0.05) is 6.42 Å². The van der Waals surface area contributed by atoms with Crippen molar-refractivity contribution in [3.05, 3.63) is 71.8 Å². The molecule has 0 aromatic heterocycles. The molecule has 26 heavy (non-hydrogen) atoms. The summed E-state index contributed by atoms with van der Waals surface area (Å²) in [5.74, 6) is 0. The van der Waals surface area contributed by atoms with Crippen molar-refractivity contribution < 1.29 is 24.1 Å². The first-order valence-electron chi connectivity index (χ1n) is 9.02. The molecule has 0 saturated carbocycles. The molecule has 2 fully saturated rings. The van der Waals surface area contributed by atoms with Gasteiger partial charge in [-0.15, -0.1) is 0 Å². The Morgan fingerprint density at radius 1 is 0.962 bits per heavy atom. The van der Waals surface area contributed by atoms with E-state index in [1.54, 1.807) is 0 Å². The predicted molar refractivity (Wildman–Crippen MR) is 95.3 cm³/mol. The van der Waals surface area contributed by atoms with E-state index in [-0.39, 0.29) is 6.10 Å². The van der Waals surface area contributed by atoms with Crippen molar-refractivity contribution in [2.75, 3.05) is 13.2 Å². The number of hydrogen-bond acceptors (Lipinski definition) is 5. The number of fused-ring (bicyclic) bond motifs is 2. The number of rotatable bonds is 7. The molecule has 2 aromatic rings. The fraction of sp³-hybridized carbons (Fsp3) is 0.429. The van der Waals surface area contributed by atoms with Gasteiger partial charge in [-0.05, 0) is 11.1 Å². The molecule has 2 saturated heterocycles. The van der Waals surface area contributed by atoms with E-state index in [9.17, 15) is 5.11 Å². The lowest BCUT2D eigenvalue weighted by Gasteiger charge is -2.38. The Kier molecular flexibility index (Phi) is 5.33. The molecule has 4 rings (SSSR count). The first-order valence-corrected chi connectivity index (χ1v) is 9.02. The first kappa shape index (κ1) is 17.6. The normalized spacial score (nSPS) is 30.4. The van der Waals surface area contributed by atoms with E-state index in [1.165, 1.54) is 0 Å². The average molecular weight is 356 g/mol. The SMILES string of the molecule is OC1O[C@@]2(COCc3ccccc3)CCOC1C2OCc1ccccc1. The molecule has 2 aromatic carbocycles. The quantitative estimate of drug-likeness (QED) is 0.827. The Hall–Kier alpha value is -1.76. The maximum absolute atomic E-state index is 10.3. The van der Waals surface area contributed by atoms with Crippen LogP contribution in [0.15, 0.2) is 60.7 Å². The lowest BCUT2D eigenvalue weighted by molar-refractivity contribution is -0.187. The van der Waals surface area contributed by atoms with Gasteiger partial charge in [0.05, 0.1) is 26.4 Å². The molecule has 0 spiro atoms. The molecule has 1 N–H and O–H groups in total. The molecule has 0 amide bonds. The molecule has 2 aliphatic rings. The Morgan fingerprint density at radius 3 is 2.31 bits per heavy atom. The highest BCUT2D eigenvalue weighted by Crippen LogP contribution is 2.41. The van der Waals surface area contributed by atoms with Crippen LogP contribution < -0.4 is 0 Å². The second kappa shape index (κ2) is 7.86. The summed E-state index contributed by atoms with van der Waals surface area (Å²) in [4.78, 5) is 0. The molecular weight excluding hydrogens is 332 g/mol. The van der Waals surface area contributed by atoms with Crippen molar-refractivity contribution in [3.63, 3.8) is 0 Å². The first-order chi connectivity index (χ1) is 12.8. The van der Waals surface area contributed by atoms with E-state index in [0.29, 0.717) is 32.8 Å². The zero-order valence-corrected chi connectivity index (χ0v) is 14.6. The highest BCUT2D eigenvalue weighted by molar-refractivity contribution is 5.15. The Morgan fingerprint density at radius 2 is 1.62 bits per heavy atom. The summed E-state index contributed by atoms with van der Waals surface area (Å²) < 4.78 is 23.7.